The van der Waals surface area contributed by atoms with E-state index in [-0.39, 0.29) is 22.7 Å². The van der Waals surface area contributed by atoms with Gasteiger partial charge in [-0.3, -0.25) is 44.5 Å². The van der Waals surface area contributed by atoms with Gasteiger partial charge in [-0.1, -0.05) is 0 Å². The Morgan fingerprint density at radius 3 is 2.09 bits per heavy atom. The predicted molar refractivity (Wildman–Crippen MR) is 188 cm³/mol. The summed E-state index contributed by atoms with van der Waals surface area (Å²) in [6.07, 6.45) is -5.56. The summed E-state index contributed by atoms with van der Waals surface area (Å²) in [7, 11) is 0. The number of nitrogens with one attached hydrogen (secondary N) is 3. The van der Waals surface area contributed by atoms with Gasteiger partial charge >= 0.3 is 29.8 Å². The van der Waals surface area contributed by atoms with Crippen molar-refractivity contribution in [3.05, 3.63) is 39.9 Å². The molecule has 2 saturated heterocycles. The largest absolute Gasteiger partial charge is 0.477 e. The van der Waals surface area contributed by atoms with E-state index in [0.717, 1.165) is 33.8 Å². The lowest BCUT2D eigenvalue weighted by Gasteiger charge is -2.44. The number of anilines is 1. The van der Waals surface area contributed by atoms with Gasteiger partial charge in [0, 0.05) is 72.0 Å². The molecular formula is C33H41FN6O13S. The Balaban J connectivity index is 1.38. The van der Waals surface area contributed by atoms with E-state index in [2.05, 4.69) is 16.2 Å². The van der Waals surface area contributed by atoms with Crippen molar-refractivity contribution in [1.29, 1.82) is 0 Å². The summed E-state index contributed by atoms with van der Waals surface area (Å²) < 4.78 is 44.0. The number of aryl methyl sites for hydroxylation is 1. The molecule has 0 spiro atoms. The van der Waals surface area contributed by atoms with E-state index in [1.165, 1.54) is 12.3 Å². The van der Waals surface area contributed by atoms with Gasteiger partial charge in [0.05, 0.1) is 17.7 Å². The number of halogens is 1. The maximum Gasteiger partial charge on any atom is 0.341 e. The number of piperazine rings is 1. The number of hydrogen-bond acceptors (Lipinski definition) is 15. The van der Waals surface area contributed by atoms with Gasteiger partial charge < -0.3 is 43.6 Å². The summed E-state index contributed by atoms with van der Waals surface area (Å²) in [6, 6.07) is 2.57. The number of hydrogen-bond donors (Lipinski definition) is 4. The number of aromatic nitrogens is 1. The number of carbonyl (C=O) groups excluding carboxylic acids is 5. The van der Waals surface area contributed by atoms with E-state index in [1.807, 2.05) is 4.90 Å². The number of amides is 1. The lowest BCUT2D eigenvalue weighted by molar-refractivity contribution is -0.254. The average Bonchev–Trinajstić information content (AvgIpc) is 3.09. The van der Waals surface area contributed by atoms with E-state index in [1.54, 1.807) is 16.4 Å². The molecule has 54 heavy (non-hydrogen) atoms. The molecule has 0 unspecified atom stereocenters. The van der Waals surface area contributed by atoms with Crippen LogP contribution >= 0.6 is 12.2 Å². The number of esters is 4. The number of carbonyl (C=O) groups is 6. The number of aromatic carboxylic acids is 1. The molecule has 3 heterocycles. The number of fused-ring (bicyclic) bond motifs is 1. The van der Waals surface area contributed by atoms with E-state index >= 15 is 4.39 Å². The minimum atomic E-state index is -1.43. The first kappa shape index (κ1) is 41.3. The van der Waals surface area contributed by atoms with Crippen molar-refractivity contribution >= 4 is 69.7 Å². The number of ether oxygens (including phenoxy) is 5. The Labute approximate surface area is 312 Å². The van der Waals surface area contributed by atoms with Crippen molar-refractivity contribution in [2.45, 2.75) is 71.8 Å². The molecule has 0 aliphatic carbocycles. The first-order valence-electron chi connectivity index (χ1n) is 16.7. The number of nitrogens with zero attached hydrogens (tertiary/aromatic N) is 3. The first-order chi connectivity index (χ1) is 25.5. The number of benzene rings is 1. The fourth-order valence-corrected chi connectivity index (χ4v) is 6.25. The first-order valence-corrected chi connectivity index (χ1v) is 17.1. The van der Waals surface area contributed by atoms with Crippen LogP contribution in [0.4, 0.5) is 10.1 Å². The number of carboxylic acid groups (broad SMARTS) is 1. The lowest BCUT2D eigenvalue weighted by Crippen LogP contribution is -2.67. The molecule has 0 radical (unpaired) electrons. The van der Waals surface area contributed by atoms with Crippen molar-refractivity contribution in [3.63, 3.8) is 0 Å². The molecule has 2 aliphatic rings. The molecule has 21 heteroatoms. The van der Waals surface area contributed by atoms with Gasteiger partial charge in [0.25, 0.3) is 5.91 Å². The second kappa shape index (κ2) is 18.1. The van der Waals surface area contributed by atoms with Gasteiger partial charge in [-0.15, -0.1) is 0 Å². The summed E-state index contributed by atoms with van der Waals surface area (Å²) in [6.45, 7) is 7.38. The van der Waals surface area contributed by atoms with Crippen LogP contribution in [0.3, 0.4) is 0 Å². The van der Waals surface area contributed by atoms with Crippen molar-refractivity contribution in [3.8, 4) is 0 Å². The third kappa shape index (κ3) is 10.4. The Bertz CT molecular complexity index is 1870. The van der Waals surface area contributed by atoms with Gasteiger partial charge in [0.2, 0.25) is 5.43 Å². The van der Waals surface area contributed by atoms with Crippen molar-refractivity contribution < 1.29 is 61.9 Å². The standard InChI is InChI=1S/C33H41FN6O13S/c1-6-39-13-21(32(47)48)27(46)20-11-22(34)24(12-23(20)39)40-9-7-38(8-10-40)14-26(45)36-37-33(54)35-31-30(52-19(5)44)29(51-18(4)43)28(50-17(3)42)25(53-31)15-49-16(2)41/h11-13,25,28-31H,6-10,14-15H2,1-5H3,(H,36,45)(H,47,48)(H2,35,37,54)/t25-,28-,29+,30-,31-/m1/s1. The molecule has 1 aromatic carbocycles. The van der Waals surface area contributed by atoms with Gasteiger partial charge in [0.15, 0.2) is 29.7 Å². The molecule has 0 saturated carbocycles. The molecule has 19 nitrogen and oxygen atoms in total. The predicted octanol–water partition coefficient (Wildman–Crippen LogP) is -0.441. The summed E-state index contributed by atoms with van der Waals surface area (Å²) in [4.78, 5) is 88.3. The number of thiocarbonyl (C=S) groups is 1. The van der Waals surface area contributed by atoms with Crippen LogP contribution in [0.2, 0.25) is 0 Å². The van der Waals surface area contributed by atoms with Gasteiger partial charge in [-0.05, 0) is 31.3 Å². The number of hydrazine groups is 1. The molecule has 0 bridgehead atoms. The smallest absolute Gasteiger partial charge is 0.341 e. The highest BCUT2D eigenvalue weighted by atomic mass is 32.1. The number of rotatable bonds is 11. The molecule has 4 N–H and O–H groups in total. The molecule has 1 aromatic heterocycles. The van der Waals surface area contributed by atoms with Crippen LogP contribution in [0.15, 0.2) is 23.1 Å². The topological polar surface area (TPSA) is 233 Å². The Morgan fingerprint density at radius 1 is 0.907 bits per heavy atom. The summed E-state index contributed by atoms with van der Waals surface area (Å²) in [5.74, 6) is -5.67. The number of carboxylic acids is 1. The van der Waals surface area contributed by atoms with Crippen LogP contribution in [0.25, 0.3) is 10.9 Å². The highest BCUT2D eigenvalue weighted by Crippen LogP contribution is 2.29. The van der Waals surface area contributed by atoms with Crippen LogP contribution in [0, 0.1) is 5.82 Å². The summed E-state index contributed by atoms with van der Waals surface area (Å²) in [5.41, 5.74) is 4.36. The second-order valence-electron chi connectivity index (χ2n) is 12.3. The summed E-state index contributed by atoms with van der Waals surface area (Å²) >= 11 is 5.31. The third-order valence-corrected chi connectivity index (χ3v) is 8.60. The van der Waals surface area contributed by atoms with Crippen molar-refractivity contribution in [2.24, 2.45) is 0 Å². The highest BCUT2D eigenvalue weighted by molar-refractivity contribution is 7.80. The number of pyridine rings is 1. The van der Waals surface area contributed by atoms with Crippen molar-refractivity contribution in [1.82, 2.24) is 25.6 Å². The zero-order chi connectivity index (χ0) is 39.9. The Hall–Kier alpha value is -5.41. The zero-order valence-electron chi connectivity index (χ0n) is 30.0. The monoisotopic (exact) mass is 780 g/mol. The van der Waals surface area contributed by atoms with E-state index in [0.29, 0.717) is 38.2 Å². The Morgan fingerprint density at radius 2 is 1.52 bits per heavy atom. The van der Waals surface area contributed by atoms with Gasteiger partial charge in [0.1, 0.15) is 24.1 Å². The van der Waals surface area contributed by atoms with Crippen LogP contribution in [0.5, 0.6) is 0 Å². The van der Waals surface area contributed by atoms with E-state index < -0.39 is 89.8 Å². The van der Waals surface area contributed by atoms with Crippen LogP contribution in [0.1, 0.15) is 45.0 Å². The molecule has 5 atom stereocenters. The van der Waals surface area contributed by atoms with Gasteiger partial charge in [-0.2, -0.15) is 0 Å². The molecule has 2 aromatic rings. The second-order valence-corrected chi connectivity index (χ2v) is 12.7. The summed E-state index contributed by atoms with van der Waals surface area (Å²) in [5, 5.41) is 11.9. The van der Waals surface area contributed by atoms with Crippen LogP contribution in [-0.4, -0.2) is 125 Å². The molecule has 1 amide bonds. The third-order valence-electron chi connectivity index (χ3n) is 8.38. The zero-order valence-corrected chi connectivity index (χ0v) is 30.9. The molecule has 2 fully saturated rings. The Kier molecular flexibility index (Phi) is 13.8. The molecule has 4 rings (SSSR count). The van der Waals surface area contributed by atoms with Crippen LogP contribution in [-0.2, 0) is 54.2 Å². The maximum atomic E-state index is 15.3. The quantitative estimate of drug-likeness (QED) is 0.0980. The fraction of sp³-hybridized carbons (Fsp3) is 0.515. The molecule has 2 aliphatic heterocycles. The normalized spacial score (nSPS) is 21.4. The maximum absolute atomic E-state index is 15.3. The SMILES string of the molecule is CCn1cc(C(=O)O)c(=O)c2cc(F)c(N3CCN(CC(=O)NNC(=S)N[C@@H]4O[C@H](COC(C)=O)[C@@H](OC(C)=O)[C@H](OC(C)=O)[C@H]4OC(C)=O)CC3)cc21. The molecular weight excluding hydrogens is 739 g/mol. The fourth-order valence-electron chi connectivity index (χ4n) is 6.08. The van der Waals surface area contributed by atoms with Gasteiger partial charge in [-0.25, -0.2) is 9.18 Å². The lowest BCUT2D eigenvalue weighted by atomic mass is 9.97. The minimum Gasteiger partial charge on any atom is -0.477 e. The van der Waals surface area contributed by atoms with Crippen LogP contribution < -0.4 is 26.5 Å². The average molecular weight is 781 g/mol. The van der Waals surface area contributed by atoms with E-state index in [4.69, 9.17) is 35.9 Å². The molecule has 294 valence electrons. The highest BCUT2D eigenvalue weighted by Gasteiger charge is 2.52. The van der Waals surface area contributed by atoms with E-state index in [9.17, 15) is 38.7 Å². The minimum absolute atomic E-state index is 0.0395. The van der Waals surface area contributed by atoms with Crippen molar-refractivity contribution in [2.75, 3.05) is 44.2 Å².